The SMILES string of the molecule is COCc1cc(N)c2c(C)c(Br)c(C)cc2n1. The van der Waals surface area contributed by atoms with E-state index in [1.807, 2.05) is 19.1 Å². The van der Waals surface area contributed by atoms with Gasteiger partial charge in [0.1, 0.15) is 0 Å². The van der Waals surface area contributed by atoms with Crippen LogP contribution in [0.1, 0.15) is 16.8 Å². The van der Waals surface area contributed by atoms with Crippen molar-refractivity contribution in [3.63, 3.8) is 0 Å². The fourth-order valence-corrected chi connectivity index (χ4v) is 2.36. The fraction of sp³-hybridized carbons (Fsp3) is 0.308. The molecular formula is C13H15BrN2O. The van der Waals surface area contributed by atoms with Gasteiger partial charge in [0.25, 0.3) is 0 Å². The number of hydrogen-bond donors (Lipinski definition) is 1. The molecule has 2 N–H and O–H groups in total. The first-order chi connectivity index (χ1) is 8.04. The van der Waals surface area contributed by atoms with Gasteiger partial charge in [0.05, 0.1) is 17.8 Å². The number of nitrogen functional groups attached to an aromatic ring is 1. The van der Waals surface area contributed by atoms with Crippen molar-refractivity contribution in [2.75, 3.05) is 12.8 Å². The zero-order valence-electron chi connectivity index (χ0n) is 10.2. The molecule has 0 spiro atoms. The maximum Gasteiger partial charge on any atom is 0.0885 e. The van der Waals surface area contributed by atoms with E-state index in [2.05, 4.69) is 27.8 Å². The van der Waals surface area contributed by atoms with Gasteiger partial charge in [-0.3, -0.25) is 4.98 Å². The predicted octanol–water partition coefficient (Wildman–Crippen LogP) is 3.34. The molecule has 0 aliphatic carbocycles. The maximum atomic E-state index is 6.09. The summed E-state index contributed by atoms with van der Waals surface area (Å²) in [6.07, 6.45) is 0. The van der Waals surface area contributed by atoms with Crippen LogP contribution in [-0.2, 0) is 11.3 Å². The summed E-state index contributed by atoms with van der Waals surface area (Å²) in [5.74, 6) is 0. The molecule has 0 aliphatic rings. The minimum absolute atomic E-state index is 0.480. The number of anilines is 1. The van der Waals surface area contributed by atoms with E-state index >= 15 is 0 Å². The number of pyridine rings is 1. The van der Waals surface area contributed by atoms with Crippen molar-refractivity contribution in [1.82, 2.24) is 4.98 Å². The number of benzene rings is 1. The van der Waals surface area contributed by atoms with Crippen LogP contribution in [0.2, 0.25) is 0 Å². The van der Waals surface area contributed by atoms with Crippen LogP contribution >= 0.6 is 15.9 Å². The molecule has 0 aliphatic heterocycles. The van der Waals surface area contributed by atoms with Crippen LogP contribution < -0.4 is 5.73 Å². The summed E-state index contributed by atoms with van der Waals surface area (Å²) in [5.41, 5.74) is 10.9. The molecule has 1 aromatic heterocycles. The third kappa shape index (κ3) is 2.15. The summed E-state index contributed by atoms with van der Waals surface area (Å²) in [6.45, 7) is 4.58. The highest BCUT2D eigenvalue weighted by Gasteiger charge is 2.10. The molecule has 0 fully saturated rings. The Morgan fingerprint density at radius 1 is 1.35 bits per heavy atom. The summed E-state index contributed by atoms with van der Waals surface area (Å²) in [6, 6.07) is 3.92. The largest absolute Gasteiger partial charge is 0.398 e. The van der Waals surface area contributed by atoms with Crippen molar-refractivity contribution in [2.24, 2.45) is 0 Å². The van der Waals surface area contributed by atoms with Gasteiger partial charge in [-0.1, -0.05) is 15.9 Å². The Bertz CT molecular complexity index is 581. The van der Waals surface area contributed by atoms with Crippen LogP contribution in [0.3, 0.4) is 0 Å². The normalized spacial score (nSPS) is 11.1. The first kappa shape index (κ1) is 12.3. The number of halogens is 1. The molecule has 1 aromatic carbocycles. The van der Waals surface area contributed by atoms with Crippen molar-refractivity contribution in [3.05, 3.63) is 33.4 Å². The topological polar surface area (TPSA) is 48.1 Å². The molecule has 0 amide bonds. The van der Waals surface area contributed by atoms with E-state index in [1.54, 1.807) is 7.11 Å². The van der Waals surface area contributed by atoms with E-state index in [0.29, 0.717) is 6.61 Å². The van der Waals surface area contributed by atoms with Gasteiger partial charge in [-0.25, -0.2) is 0 Å². The monoisotopic (exact) mass is 294 g/mol. The van der Waals surface area contributed by atoms with Crippen LogP contribution in [0, 0.1) is 13.8 Å². The Kier molecular flexibility index (Phi) is 3.35. The molecule has 3 nitrogen and oxygen atoms in total. The van der Waals surface area contributed by atoms with E-state index in [-0.39, 0.29) is 0 Å². The molecule has 2 aromatic rings. The zero-order valence-corrected chi connectivity index (χ0v) is 11.8. The summed E-state index contributed by atoms with van der Waals surface area (Å²) in [4.78, 5) is 4.56. The smallest absolute Gasteiger partial charge is 0.0885 e. The minimum atomic E-state index is 0.480. The summed E-state index contributed by atoms with van der Waals surface area (Å²) < 4.78 is 6.18. The molecule has 0 bridgehead atoms. The Morgan fingerprint density at radius 2 is 2.06 bits per heavy atom. The molecule has 1 heterocycles. The van der Waals surface area contributed by atoms with Crippen molar-refractivity contribution in [1.29, 1.82) is 0 Å². The third-order valence-electron chi connectivity index (χ3n) is 2.83. The van der Waals surface area contributed by atoms with Gasteiger partial charge in [-0.2, -0.15) is 0 Å². The molecule has 90 valence electrons. The van der Waals surface area contributed by atoms with Gasteiger partial charge in [-0.05, 0) is 37.1 Å². The first-order valence-corrected chi connectivity index (χ1v) is 6.17. The highest BCUT2D eigenvalue weighted by Crippen LogP contribution is 2.32. The van der Waals surface area contributed by atoms with Crippen LogP contribution in [0.5, 0.6) is 0 Å². The summed E-state index contributed by atoms with van der Waals surface area (Å²) in [5, 5.41) is 1.02. The average molecular weight is 295 g/mol. The van der Waals surface area contributed by atoms with E-state index in [0.717, 1.165) is 37.9 Å². The van der Waals surface area contributed by atoms with E-state index < -0.39 is 0 Å². The van der Waals surface area contributed by atoms with Crippen LogP contribution in [0.4, 0.5) is 5.69 Å². The highest BCUT2D eigenvalue weighted by molar-refractivity contribution is 9.10. The van der Waals surface area contributed by atoms with Crippen molar-refractivity contribution >= 4 is 32.5 Å². The fourth-order valence-electron chi connectivity index (χ4n) is 2.05. The van der Waals surface area contributed by atoms with E-state index in [1.165, 1.54) is 0 Å². The standard InChI is InChI=1S/C13H15BrN2O/c1-7-4-11-12(8(2)13(7)14)10(15)5-9(16-11)6-17-3/h4-5H,6H2,1-3H3,(H2,15,16). The van der Waals surface area contributed by atoms with Crippen molar-refractivity contribution in [2.45, 2.75) is 20.5 Å². The lowest BCUT2D eigenvalue weighted by Crippen LogP contribution is -1.99. The molecule has 0 radical (unpaired) electrons. The van der Waals surface area contributed by atoms with Gasteiger partial charge in [0, 0.05) is 22.7 Å². The number of fused-ring (bicyclic) bond motifs is 1. The van der Waals surface area contributed by atoms with Gasteiger partial charge >= 0.3 is 0 Å². The quantitative estimate of drug-likeness (QED) is 0.924. The number of nitrogens with two attached hydrogens (primary N) is 1. The van der Waals surface area contributed by atoms with E-state index in [9.17, 15) is 0 Å². The second kappa shape index (κ2) is 4.63. The Balaban J connectivity index is 2.77. The molecule has 2 rings (SSSR count). The minimum Gasteiger partial charge on any atom is -0.398 e. The van der Waals surface area contributed by atoms with Crippen molar-refractivity contribution in [3.8, 4) is 0 Å². The number of ether oxygens (including phenoxy) is 1. The number of aromatic nitrogens is 1. The van der Waals surface area contributed by atoms with Crippen LogP contribution in [-0.4, -0.2) is 12.1 Å². The molecular weight excluding hydrogens is 280 g/mol. The van der Waals surface area contributed by atoms with Crippen molar-refractivity contribution < 1.29 is 4.74 Å². The van der Waals surface area contributed by atoms with Gasteiger partial charge < -0.3 is 10.5 Å². The maximum absolute atomic E-state index is 6.09. The second-order valence-corrected chi connectivity index (χ2v) is 4.96. The zero-order chi connectivity index (χ0) is 12.6. The molecule has 17 heavy (non-hydrogen) atoms. The van der Waals surface area contributed by atoms with Gasteiger partial charge in [0.2, 0.25) is 0 Å². The highest BCUT2D eigenvalue weighted by atomic mass is 79.9. The lowest BCUT2D eigenvalue weighted by molar-refractivity contribution is 0.182. The molecule has 0 atom stereocenters. The predicted molar refractivity (Wildman–Crippen MR) is 74.0 cm³/mol. The number of rotatable bonds is 2. The van der Waals surface area contributed by atoms with Crippen LogP contribution in [0.25, 0.3) is 10.9 Å². The van der Waals surface area contributed by atoms with Gasteiger partial charge in [0.15, 0.2) is 0 Å². The lowest BCUT2D eigenvalue weighted by atomic mass is 10.0. The molecule has 0 saturated heterocycles. The number of hydrogen-bond acceptors (Lipinski definition) is 3. The summed E-state index contributed by atoms with van der Waals surface area (Å²) in [7, 11) is 1.65. The molecule has 0 unspecified atom stereocenters. The van der Waals surface area contributed by atoms with Gasteiger partial charge in [-0.15, -0.1) is 0 Å². The number of methoxy groups -OCH3 is 1. The second-order valence-electron chi connectivity index (χ2n) is 4.16. The Hall–Kier alpha value is -1.13. The number of nitrogens with zero attached hydrogens (tertiary/aromatic N) is 1. The third-order valence-corrected chi connectivity index (χ3v) is 4.05. The average Bonchev–Trinajstić information content (AvgIpc) is 2.25. The Morgan fingerprint density at radius 3 is 2.71 bits per heavy atom. The molecule has 0 saturated carbocycles. The lowest BCUT2D eigenvalue weighted by Gasteiger charge is -2.11. The Labute approximate surface area is 109 Å². The summed E-state index contributed by atoms with van der Waals surface area (Å²) >= 11 is 3.58. The van der Waals surface area contributed by atoms with E-state index in [4.69, 9.17) is 10.5 Å². The number of aryl methyl sites for hydroxylation is 2. The molecule has 4 heteroatoms. The van der Waals surface area contributed by atoms with Crippen LogP contribution in [0.15, 0.2) is 16.6 Å². The first-order valence-electron chi connectivity index (χ1n) is 5.38.